The van der Waals surface area contributed by atoms with Crippen LogP contribution in [0.25, 0.3) is 0 Å². The molecule has 0 spiro atoms. The number of pyridine rings is 1. The van der Waals surface area contributed by atoms with Crippen LogP contribution in [-0.2, 0) is 0 Å². The fourth-order valence-corrected chi connectivity index (χ4v) is 0.926. The van der Waals surface area contributed by atoms with Gasteiger partial charge in [0, 0.05) is 6.20 Å². The van der Waals surface area contributed by atoms with E-state index in [1.54, 1.807) is 6.07 Å². The van der Waals surface area contributed by atoms with Crippen LogP contribution >= 0.6 is 11.6 Å². The number of nitrogens with zero attached hydrogens (tertiary/aromatic N) is 1. The van der Waals surface area contributed by atoms with E-state index in [0.29, 0.717) is 16.4 Å². The number of rotatable bonds is 0. The number of halogens is 1. The van der Waals surface area contributed by atoms with Gasteiger partial charge in [-0.2, -0.15) is 0 Å². The Kier molecular flexibility index (Phi) is 2.92. The first-order valence-corrected chi connectivity index (χ1v) is 3.72. The molecule has 1 rings (SSSR count). The van der Waals surface area contributed by atoms with Gasteiger partial charge in [-0.15, -0.1) is 0 Å². The zero-order valence-electron chi connectivity index (χ0n) is 6.34. The lowest BCUT2D eigenvalue weighted by Gasteiger charge is -1.97. The summed E-state index contributed by atoms with van der Waals surface area (Å²) in [4.78, 5) is 3.83. The van der Waals surface area contributed by atoms with E-state index in [2.05, 4.69) is 16.8 Å². The summed E-state index contributed by atoms with van der Waals surface area (Å²) in [6.07, 6.45) is 1.53. The second-order valence-corrected chi connectivity index (χ2v) is 2.43. The molecule has 0 unspecified atom stereocenters. The minimum absolute atomic E-state index is 0.282. The van der Waals surface area contributed by atoms with E-state index in [9.17, 15) is 0 Å². The predicted molar refractivity (Wildman–Crippen MR) is 49.6 cm³/mol. The van der Waals surface area contributed by atoms with Crippen LogP contribution < -0.4 is 11.5 Å². The SMILES string of the molecule is NCC#Cc1c(N)ccnc1Cl. The Balaban J connectivity index is 3.13. The first-order chi connectivity index (χ1) is 5.75. The van der Waals surface area contributed by atoms with Crippen LogP contribution in [0.15, 0.2) is 12.3 Å². The van der Waals surface area contributed by atoms with Crippen molar-refractivity contribution in [2.24, 2.45) is 5.73 Å². The number of anilines is 1. The van der Waals surface area contributed by atoms with Crippen molar-refractivity contribution in [2.75, 3.05) is 12.3 Å². The third-order valence-corrected chi connectivity index (χ3v) is 1.54. The molecule has 0 radical (unpaired) electrons. The molecule has 0 bridgehead atoms. The van der Waals surface area contributed by atoms with Gasteiger partial charge >= 0.3 is 0 Å². The van der Waals surface area contributed by atoms with Crippen LogP contribution in [0.5, 0.6) is 0 Å². The lowest BCUT2D eigenvalue weighted by atomic mass is 10.2. The number of nitrogens with two attached hydrogens (primary N) is 2. The zero-order chi connectivity index (χ0) is 8.97. The third-order valence-electron chi connectivity index (χ3n) is 1.25. The normalized spacial score (nSPS) is 8.83. The molecule has 0 aliphatic carbocycles. The molecular weight excluding hydrogens is 174 g/mol. The molecule has 4 heteroatoms. The Bertz CT molecular complexity index is 318. The third kappa shape index (κ3) is 1.88. The molecule has 1 aromatic heterocycles. The van der Waals surface area contributed by atoms with Gasteiger partial charge in [-0.1, -0.05) is 23.4 Å². The van der Waals surface area contributed by atoms with Gasteiger partial charge in [0.15, 0.2) is 0 Å². The average molecular weight is 182 g/mol. The Hall–Kier alpha value is -1.24. The lowest BCUT2D eigenvalue weighted by molar-refractivity contribution is 1.29. The standard InChI is InChI=1S/C8H8ClN3/c9-8-6(2-1-4-10)7(11)3-5-12-8/h3,5H,4,10H2,(H2,11,12). The maximum Gasteiger partial charge on any atom is 0.146 e. The van der Waals surface area contributed by atoms with E-state index in [0.717, 1.165) is 0 Å². The topological polar surface area (TPSA) is 64.9 Å². The zero-order valence-corrected chi connectivity index (χ0v) is 7.10. The average Bonchev–Trinajstić information content (AvgIpc) is 2.04. The Morgan fingerprint density at radius 1 is 1.58 bits per heavy atom. The van der Waals surface area contributed by atoms with E-state index < -0.39 is 0 Å². The van der Waals surface area contributed by atoms with E-state index in [1.165, 1.54) is 6.20 Å². The largest absolute Gasteiger partial charge is 0.398 e. The maximum absolute atomic E-state index is 5.73. The van der Waals surface area contributed by atoms with Crippen molar-refractivity contribution < 1.29 is 0 Å². The highest BCUT2D eigenvalue weighted by molar-refractivity contribution is 6.30. The van der Waals surface area contributed by atoms with Crippen molar-refractivity contribution in [2.45, 2.75) is 0 Å². The lowest BCUT2D eigenvalue weighted by Crippen LogP contribution is -1.96. The summed E-state index contributed by atoms with van der Waals surface area (Å²) in [5.41, 5.74) is 11.9. The second-order valence-electron chi connectivity index (χ2n) is 2.07. The molecule has 1 aromatic rings. The second kappa shape index (κ2) is 3.96. The van der Waals surface area contributed by atoms with Gasteiger partial charge in [0.05, 0.1) is 17.8 Å². The van der Waals surface area contributed by atoms with Gasteiger partial charge in [0.1, 0.15) is 5.15 Å². The van der Waals surface area contributed by atoms with Crippen molar-refractivity contribution in [1.29, 1.82) is 0 Å². The molecule has 0 aromatic carbocycles. The van der Waals surface area contributed by atoms with Crippen LogP contribution in [-0.4, -0.2) is 11.5 Å². The van der Waals surface area contributed by atoms with E-state index in [-0.39, 0.29) is 6.54 Å². The van der Waals surface area contributed by atoms with Crippen LogP contribution in [0.1, 0.15) is 5.56 Å². The summed E-state index contributed by atoms with van der Waals surface area (Å²) < 4.78 is 0. The molecule has 4 N–H and O–H groups in total. The molecule has 0 aliphatic heterocycles. The molecular formula is C8H8ClN3. The molecule has 3 nitrogen and oxygen atoms in total. The van der Waals surface area contributed by atoms with Crippen LogP contribution in [0.2, 0.25) is 5.15 Å². The number of nitrogen functional groups attached to an aromatic ring is 1. The number of hydrogen-bond donors (Lipinski definition) is 2. The number of aromatic nitrogens is 1. The molecule has 0 amide bonds. The molecule has 0 atom stereocenters. The highest BCUT2D eigenvalue weighted by atomic mass is 35.5. The highest BCUT2D eigenvalue weighted by Crippen LogP contribution is 2.17. The van der Waals surface area contributed by atoms with E-state index >= 15 is 0 Å². The van der Waals surface area contributed by atoms with Gasteiger partial charge < -0.3 is 11.5 Å². The van der Waals surface area contributed by atoms with Crippen molar-refractivity contribution in [3.63, 3.8) is 0 Å². The summed E-state index contributed by atoms with van der Waals surface area (Å²) in [6, 6.07) is 1.65. The van der Waals surface area contributed by atoms with Crippen LogP contribution in [0.3, 0.4) is 0 Å². The highest BCUT2D eigenvalue weighted by Gasteiger charge is 2.00. The molecule has 12 heavy (non-hydrogen) atoms. The Labute approximate surface area is 75.7 Å². The van der Waals surface area contributed by atoms with E-state index in [1.807, 2.05) is 0 Å². The van der Waals surface area contributed by atoms with Crippen molar-refractivity contribution in [3.05, 3.63) is 23.0 Å². The molecule has 62 valence electrons. The Morgan fingerprint density at radius 3 is 2.92 bits per heavy atom. The number of hydrogen-bond acceptors (Lipinski definition) is 3. The van der Waals surface area contributed by atoms with Gasteiger partial charge in [0.2, 0.25) is 0 Å². The first-order valence-electron chi connectivity index (χ1n) is 3.34. The quantitative estimate of drug-likeness (QED) is 0.456. The minimum Gasteiger partial charge on any atom is -0.398 e. The van der Waals surface area contributed by atoms with Gasteiger partial charge in [-0.25, -0.2) is 4.98 Å². The van der Waals surface area contributed by atoms with Crippen LogP contribution in [0.4, 0.5) is 5.69 Å². The van der Waals surface area contributed by atoms with Crippen molar-refractivity contribution in [3.8, 4) is 11.8 Å². The molecule has 0 fully saturated rings. The fraction of sp³-hybridized carbons (Fsp3) is 0.125. The molecule has 0 aliphatic rings. The molecule has 0 saturated carbocycles. The Morgan fingerprint density at radius 2 is 2.33 bits per heavy atom. The minimum atomic E-state index is 0.282. The van der Waals surface area contributed by atoms with Crippen LogP contribution in [0, 0.1) is 11.8 Å². The predicted octanol–water partition coefficient (Wildman–Crippen LogP) is 0.627. The maximum atomic E-state index is 5.73. The van der Waals surface area contributed by atoms with E-state index in [4.69, 9.17) is 23.1 Å². The van der Waals surface area contributed by atoms with Gasteiger partial charge in [-0.3, -0.25) is 0 Å². The summed E-state index contributed by atoms with van der Waals surface area (Å²) in [5.74, 6) is 5.41. The summed E-state index contributed by atoms with van der Waals surface area (Å²) in [6.45, 7) is 0.282. The fourth-order valence-electron chi connectivity index (χ4n) is 0.713. The summed E-state index contributed by atoms with van der Waals surface area (Å²) in [7, 11) is 0. The van der Waals surface area contributed by atoms with Crippen molar-refractivity contribution >= 4 is 17.3 Å². The first kappa shape index (κ1) is 8.85. The molecule has 0 saturated heterocycles. The smallest absolute Gasteiger partial charge is 0.146 e. The summed E-state index contributed by atoms with van der Waals surface area (Å²) in [5, 5.41) is 0.316. The monoisotopic (exact) mass is 181 g/mol. The van der Waals surface area contributed by atoms with Crippen molar-refractivity contribution in [1.82, 2.24) is 4.98 Å². The summed E-state index contributed by atoms with van der Waals surface area (Å²) >= 11 is 5.73. The van der Waals surface area contributed by atoms with Gasteiger partial charge in [-0.05, 0) is 6.07 Å². The molecule has 1 heterocycles. The van der Waals surface area contributed by atoms with Gasteiger partial charge in [0.25, 0.3) is 0 Å².